The fraction of sp³-hybridized carbons (Fsp3) is 0.286. The van der Waals surface area contributed by atoms with E-state index in [1.165, 1.54) is 22.3 Å². The van der Waals surface area contributed by atoms with Crippen molar-refractivity contribution in [1.82, 2.24) is 4.98 Å². The van der Waals surface area contributed by atoms with E-state index in [9.17, 15) is 0 Å². The number of allylic oxidation sites excluding steroid dienone is 1. The maximum absolute atomic E-state index is 4.56. The lowest BCUT2D eigenvalue weighted by atomic mass is 10.0. The highest BCUT2D eigenvalue weighted by Crippen LogP contribution is 2.22. The molecule has 0 atom stereocenters. The summed E-state index contributed by atoms with van der Waals surface area (Å²) >= 11 is 0. The van der Waals surface area contributed by atoms with Gasteiger partial charge >= 0.3 is 0 Å². The van der Waals surface area contributed by atoms with Crippen LogP contribution in [0.2, 0.25) is 0 Å². The van der Waals surface area contributed by atoms with Crippen LogP contribution in [0.15, 0.2) is 54.9 Å². The molecule has 0 amide bonds. The number of nitrogens with zero attached hydrogens (tertiary/aromatic N) is 1. The molecule has 2 heteroatoms. The van der Waals surface area contributed by atoms with Crippen LogP contribution in [0.4, 0.5) is 5.82 Å². The number of aromatic nitrogens is 1. The molecule has 0 saturated heterocycles. The number of hydrogen-bond donors (Lipinski definition) is 1. The first-order chi connectivity index (χ1) is 11.2. The van der Waals surface area contributed by atoms with E-state index in [2.05, 4.69) is 74.1 Å². The molecule has 2 aromatic rings. The van der Waals surface area contributed by atoms with Gasteiger partial charge in [0, 0.05) is 11.9 Å². The predicted molar refractivity (Wildman–Crippen MR) is 101 cm³/mol. The highest BCUT2D eigenvalue weighted by Gasteiger charge is 2.08. The average molecular weight is 306 g/mol. The van der Waals surface area contributed by atoms with Crippen LogP contribution >= 0.6 is 0 Å². The van der Waals surface area contributed by atoms with Crippen molar-refractivity contribution in [3.63, 3.8) is 0 Å². The molecule has 0 spiro atoms. The van der Waals surface area contributed by atoms with Gasteiger partial charge in [-0.3, -0.25) is 0 Å². The van der Waals surface area contributed by atoms with Gasteiger partial charge in [-0.2, -0.15) is 0 Å². The minimum Gasteiger partial charge on any atom is -0.340 e. The van der Waals surface area contributed by atoms with Crippen molar-refractivity contribution in [2.24, 2.45) is 0 Å². The van der Waals surface area contributed by atoms with Gasteiger partial charge in [-0.05, 0) is 60.2 Å². The second-order valence-corrected chi connectivity index (χ2v) is 5.69. The van der Waals surface area contributed by atoms with Crippen LogP contribution in [0.3, 0.4) is 0 Å². The molecule has 1 N–H and O–H groups in total. The zero-order valence-corrected chi connectivity index (χ0v) is 14.4. The van der Waals surface area contributed by atoms with E-state index >= 15 is 0 Å². The fourth-order valence-corrected chi connectivity index (χ4v) is 2.70. The molecule has 23 heavy (non-hydrogen) atoms. The Kier molecular flexibility index (Phi) is 6.16. The first-order valence-corrected chi connectivity index (χ1v) is 8.33. The van der Waals surface area contributed by atoms with Gasteiger partial charge in [0.25, 0.3) is 0 Å². The molecular weight excluding hydrogens is 280 g/mol. The summed E-state index contributed by atoms with van der Waals surface area (Å²) in [6.07, 6.45) is 9.03. The normalized spacial score (nSPS) is 11.3. The van der Waals surface area contributed by atoms with Crippen molar-refractivity contribution >= 4 is 11.9 Å². The summed E-state index contributed by atoms with van der Waals surface area (Å²) < 4.78 is 0. The molecule has 2 nitrogen and oxygen atoms in total. The van der Waals surface area contributed by atoms with Gasteiger partial charge in [-0.15, -0.1) is 0 Å². The van der Waals surface area contributed by atoms with Crippen molar-refractivity contribution in [3.05, 3.63) is 77.1 Å². The Hall–Kier alpha value is -2.35. The maximum Gasteiger partial charge on any atom is 0.133 e. The van der Waals surface area contributed by atoms with Crippen molar-refractivity contribution in [2.75, 3.05) is 5.32 Å². The summed E-state index contributed by atoms with van der Waals surface area (Å²) in [7, 11) is 0. The summed E-state index contributed by atoms with van der Waals surface area (Å²) in [6.45, 7) is 10.5. The topological polar surface area (TPSA) is 24.9 Å². The molecule has 0 aliphatic carbocycles. The summed E-state index contributed by atoms with van der Waals surface area (Å²) in [5, 5.41) is 3.46. The lowest BCUT2D eigenvalue weighted by molar-refractivity contribution is 0.892. The number of rotatable bonds is 7. The third-order valence-electron chi connectivity index (χ3n) is 4.02. The number of nitrogens with one attached hydrogen (secondary N) is 1. The molecule has 0 bridgehead atoms. The number of hydrogen-bond acceptors (Lipinski definition) is 2. The second-order valence-electron chi connectivity index (χ2n) is 5.69. The molecule has 0 radical (unpaired) electrons. The van der Waals surface area contributed by atoms with Gasteiger partial charge in [0.05, 0.1) is 0 Å². The van der Waals surface area contributed by atoms with Crippen molar-refractivity contribution in [3.8, 4) is 0 Å². The molecule has 0 unspecified atom stereocenters. The maximum atomic E-state index is 4.56. The Morgan fingerprint density at radius 3 is 2.65 bits per heavy atom. The molecule has 1 aromatic heterocycles. The fourth-order valence-electron chi connectivity index (χ4n) is 2.70. The first-order valence-electron chi connectivity index (χ1n) is 8.33. The quantitative estimate of drug-likeness (QED) is 0.679. The van der Waals surface area contributed by atoms with Gasteiger partial charge < -0.3 is 5.32 Å². The molecule has 0 fully saturated rings. The van der Waals surface area contributed by atoms with Crippen molar-refractivity contribution < 1.29 is 0 Å². The SMILES string of the molecule is C=C/C(=C\c1ccccc1C)Nc1nccc(CC)c1CCC. The van der Waals surface area contributed by atoms with Gasteiger partial charge in [0.15, 0.2) is 0 Å². The zero-order valence-electron chi connectivity index (χ0n) is 14.4. The number of aryl methyl sites for hydroxylation is 2. The molecule has 0 aliphatic rings. The minimum absolute atomic E-state index is 0.950. The summed E-state index contributed by atoms with van der Waals surface area (Å²) in [5.41, 5.74) is 6.09. The third-order valence-corrected chi connectivity index (χ3v) is 4.02. The van der Waals surface area contributed by atoms with Gasteiger partial charge in [-0.1, -0.05) is 51.1 Å². The van der Waals surface area contributed by atoms with Crippen molar-refractivity contribution in [1.29, 1.82) is 0 Å². The lowest BCUT2D eigenvalue weighted by Crippen LogP contribution is -2.06. The first kappa shape index (κ1) is 17.0. The summed E-state index contributed by atoms with van der Waals surface area (Å²) in [4.78, 5) is 4.56. The van der Waals surface area contributed by atoms with Crippen LogP contribution in [-0.2, 0) is 12.8 Å². The third kappa shape index (κ3) is 4.32. The zero-order chi connectivity index (χ0) is 16.7. The summed E-state index contributed by atoms with van der Waals surface area (Å²) in [5.74, 6) is 0.950. The van der Waals surface area contributed by atoms with E-state index in [1.54, 1.807) is 0 Å². The van der Waals surface area contributed by atoms with E-state index in [-0.39, 0.29) is 0 Å². The highest BCUT2D eigenvalue weighted by molar-refractivity contribution is 5.65. The Balaban J connectivity index is 2.36. The van der Waals surface area contributed by atoms with Crippen LogP contribution < -0.4 is 5.32 Å². The van der Waals surface area contributed by atoms with E-state index in [4.69, 9.17) is 0 Å². The Bertz CT molecular complexity index is 699. The molecule has 0 saturated carbocycles. The summed E-state index contributed by atoms with van der Waals surface area (Å²) in [6, 6.07) is 10.5. The Labute approximate surface area is 140 Å². The minimum atomic E-state index is 0.950. The van der Waals surface area contributed by atoms with E-state index in [0.717, 1.165) is 30.8 Å². The highest BCUT2D eigenvalue weighted by atomic mass is 15.0. The van der Waals surface area contributed by atoms with Crippen LogP contribution in [0.25, 0.3) is 6.08 Å². The molecule has 120 valence electrons. The number of anilines is 1. The van der Waals surface area contributed by atoms with Crippen molar-refractivity contribution in [2.45, 2.75) is 40.0 Å². The van der Waals surface area contributed by atoms with Crippen LogP contribution in [0.1, 0.15) is 42.5 Å². The number of benzene rings is 1. The molecular formula is C21H26N2. The van der Waals surface area contributed by atoms with Gasteiger partial charge in [-0.25, -0.2) is 4.98 Å². The molecule has 0 aliphatic heterocycles. The Morgan fingerprint density at radius 1 is 1.22 bits per heavy atom. The van der Waals surface area contributed by atoms with Crippen LogP contribution in [0.5, 0.6) is 0 Å². The molecule has 1 aromatic carbocycles. The largest absolute Gasteiger partial charge is 0.340 e. The average Bonchev–Trinajstić information content (AvgIpc) is 2.57. The van der Waals surface area contributed by atoms with E-state index in [1.807, 2.05) is 12.3 Å². The standard InChI is InChI=1S/C21H26N2/c1-5-10-20-17(6-2)13-14-22-21(20)23-19(7-3)15-18-12-9-8-11-16(18)4/h7-9,11-15H,3,5-6,10H2,1-2,4H3,(H,22,23)/b19-15+. The Morgan fingerprint density at radius 2 is 2.00 bits per heavy atom. The van der Waals surface area contributed by atoms with Crippen LogP contribution in [0, 0.1) is 6.92 Å². The van der Waals surface area contributed by atoms with E-state index < -0.39 is 0 Å². The number of pyridine rings is 1. The predicted octanol–water partition coefficient (Wildman–Crippen LogP) is 5.54. The second kappa shape index (κ2) is 8.33. The van der Waals surface area contributed by atoms with E-state index in [0.29, 0.717) is 0 Å². The van der Waals surface area contributed by atoms with Crippen LogP contribution in [-0.4, -0.2) is 4.98 Å². The molecule has 1 heterocycles. The lowest BCUT2D eigenvalue weighted by Gasteiger charge is -2.15. The molecule has 2 rings (SSSR count). The van der Waals surface area contributed by atoms with Gasteiger partial charge in [0.1, 0.15) is 5.82 Å². The van der Waals surface area contributed by atoms with Gasteiger partial charge in [0.2, 0.25) is 0 Å². The monoisotopic (exact) mass is 306 g/mol. The smallest absolute Gasteiger partial charge is 0.133 e.